The molecular weight excluding hydrogens is 499 g/mol. The smallest absolute Gasteiger partial charge is 0.262 e. The molecule has 3 aromatic rings. The van der Waals surface area contributed by atoms with Gasteiger partial charge in [0.15, 0.2) is 5.13 Å². The maximum absolute atomic E-state index is 13.4. The Balaban J connectivity index is 0.00000274. The van der Waals surface area contributed by atoms with Crippen LogP contribution in [0.2, 0.25) is 5.02 Å². The van der Waals surface area contributed by atoms with Gasteiger partial charge < -0.3 is 4.74 Å². The molecule has 8 nitrogen and oxygen atoms in total. The third-order valence-electron chi connectivity index (χ3n) is 5.79. The number of fused-ring (bicyclic) bond motifs is 2. The van der Waals surface area contributed by atoms with Crippen molar-refractivity contribution in [1.29, 1.82) is 0 Å². The Hall–Kier alpha value is -2.56. The highest BCUT2D eigenvalue weighted by atomic mass is 35.5. The van der Waals surface area contributed by atoms with Crippen molar-refractivity contribution in [3.63, 3.8) is 0 Å². The molecule has 0 aliphatic carbocycles. The molecule has 0 N–H and O–H groups in total. The number of carbonyl (C=O) groups is 3. The number of thiazole rings is 1. The van der Waals surface area contributed by atoms with Crippen LogP contribution in [0.25, 0.3) is 10.2 Å². The van der Waals surface area contributed by atoms with E-state index in [1.807, 2.05) is 12.1 Å². The topological polar surface area (TPSA) is 83.1 Å². The summed E-state index contributed by atoms with van der Waals surface area (Å²) in [5, 5.41) is 1.11. The molecule has 0 bridgehead atoms. The van der Waals surface area contributed by atoms with Crippen LogP contribution in [-0.4, -0.2) is 78.4 Å². The number of imide groups is 1. The third kappa shape index (κ3) is 4.80. The van der Waals surface area contributed by atoms with E-state index in [0.717, 1.165) is 28.2 Å². The molecule has 1 fully saturated rings. The average molecular weight is 521 g/mol. The molecule has 3 amide bonds. The largest absolute Gasteiger partial charge is 0.379 e. The van der Waals surface area contributed by atoms with Crippen LogP contribution in [0.5, 0.6) is 0 Å². The Morgan fingerprint density at radius 1 is 1.09 bits per heavy atom. The number of amides is 3. The Bertz CT molecular complexity index is 1210. The van der Waals surface area contributed by atoms with E-state index in [4.69, 9.17) is 16.3 Å². The molecule has 5 rings (SSSR count). The molecule has 2 aromatic carbocycles. The molecule has 34 heavy (non-hydrogen) atoms. The monoisotopic (exact) mass is 520 g/mol. The zero-order chi connectivity index (χ0) is 22.9. The van der Waals surface area contributed by atoms with E-state index in [-0.39, 0.29) is 24.9 Å². The minimum absolute atomic E-state index is 0. The third-order valence-corrected chi connectivity index (χ3v) is 7.06. The summed E-state index contributed by atoms with van der Waals surface area (Å²) < 4.78 is 6.27. The fourth-order valence-electron chi connectivity index (χ4n) is 4.00. The van der Waals surface area contributed by atoms with Crippen LogP contribution < -0.4 is 4.90 Å². The van der Waals surface area contributed by atoms with Crippen LogP contribution in [0.15, 0.2) is 42.5 Å². The zero-order valence-electron chi connectivity index (χ0n) is 18.1. The molecule has 1 saturated heterocycles. The van der Waals surface area contributed by atoms with Crippen LogP contribution in [-0.2, 0) is 9.53 Å². The number of nitrogens with zero attached hydrogens (tertiary/aromatic N) is 4. The van der Waals surface area contributed by atoms with E-state index >= 15 is 0 Å². The summed E-state index contributed by atoms with van der Waals surface area (Å²) >= 11 is 7.48. The SMILES string of the molecule is Cl.O=C1c2ccccc2C(=O)N1CC(=O)N(CCN1CCOCC1)c1nc2ccc(Cl)cc2s1. The molecule has 2 aliphatic heterocycles. The second kappa shape index (κ2) is 10.4. The molecule has 1 aromatic heterocycles. The summed E-state index contributed by atoms with van der Waals surface area (Å²) in [5.74, 6) is -1.26. The first-order chi connectivity index (χ1) is 16.0. The molecule has 178 valence electrons. The molecule has 0 atom stereocenters. The lowest BCUT2D eigenvalue weighted by Gasteiger charge is -2.29. The highest BCUT2D eigenvalue weighted by molar-refractivity contribution is 7.22. The van der Waals surface area contributed by atoms with Gasteiger partial charge in [-0.25, -0.2) is 4.98 Å². The first-order valence-electron chi connectivity index (χ1n) is 10.6. The van der Waals surface area contributed by atoms with Gasteiger partial charge in [0.2, 0.25) is 5.91 Å². The molecule has 0 spiro atoms. The molecule has 0 unspecified atom stereocenters. The van der Waals surface area contributed by atoms with Crippen LogP contribution in [0.4, 0.5) is 5.13 Å². The molecular formula is C23H22Cl2N4O4S. The fraction of sp³-hybridized carbons (Fsp3) is 0.304. The zero-order valence-corrected chi connectivity index (χ0v) is 20.5. The standard InChI is InChI=1S/C23H21ClN4O4S.ClH/c24-15-5-6-18-19(13-15)33-23(25-18)27(8-7-26-9-11-32-12-10-26)20(29)14-28-21(30)16-3-1-2-4-17(16)22(28)31;/h1-6,13H,7-12,14H2;1H. The Morgan fingerprint density at radius 2 is 1.76 bits per heavy atom. The van der Waals surface area contributed by atoms with E-state index < -0.39 is 11.8 Å². The maximum Gasteiger partial charge on any atom is 0.262 e. The van der Waals surface area contributed by atoms with Crippen LogP contribution >= 0.6 is 35.3 Å². The van der Waals surface area contributed by atoms with E-state index in [1.54, 1.807) is 35.2 Å². The molecule has 11 heteroatoms. The van der Waals surface area contributed by atoms with E-state index in [9.17, 15) is 14.4 Å². The highest BCUT2D eigenvalue weighted by Crippen LogP contribution is 2.31. The quantitative estimate of drug-likeness (QED) is 0.463. The van der Waals surface area contributed by atoms with Crippen molar-refractivity contribution >= 4 is 68.4 Å². The van der Waals surface area contributed by atoms with Gasteiger partial charge >= 0.3 is 0 Å². The van der Waals surface area contributed by atoms with Gasteiger partial charge in [0.05, 0.1) is 34.6 Å². The van der Waals surface area contributed by atoms with Crippen molar-refractivity contribution in [3.8, 4) is 0 Å². The van der Waals surface area contributed by atoms with Gasteiger partial charge in [-0.2, -0.15) is 0 Å². The Kier molecular flexibility index (Phi) is 7.49. The van der Waals surface area contributed by atoms with E-state index in [0.29, 0.717) is 47.6 Å². The number of carbonyl (C=O) groups excluding carboxylic acids is 3. The normalized spacial score (nSPS) is 16.0. The van der Waals surface area contributed by atoms with Gasteiger partial charge in [-0.3, -0.25) is 29.1 Å². The summed E-state index contributed by atoms with van der Waals surface area (Å²) in [4.78, 5) is 48.4. The van der Waals surface area contributed by atoms with Gasteiger partial charge in [0, 0.05) is 31.2 Å². The first kappa shape index (κ1) is 24.6. The number of aromatic nitrogens is 1. The van der Waals surface area contributed by atoms with Gasteiger partial charge in [0.1, 0.15) is 6.54 Å². The van der Waals surface area contributed by atoms with Crippen molar-refractivity contribution in [2.75, 3.05) is 50.8 Å². The van der Waals surface area contributed by atoms with Gasteiger partial charge in [-0.05, 0) is 30.3 Å². The van der Waals surface area contributed by atoms with E-state index in [2.05, 4.69) is 9.88 Å². The first-order valence-corrected chi connectivity index (χ1v) is 11.8. The van der Waals surface area contributed by atoms with Crippen LogP contribution in [0.3, 0.4) is 0 Å². The lowest BCUT2D eigenvalue weighted by atomic mass is 10.1. The Morgan fingerprint density at radius 3 is 2.44 bits per heavy atom. The van der Waals surface area contributed by atoms with Crippen molar-refractivity contribution in [2.24, 2.45) is 0 Å². The number of rotatable bonds is 6. The number of ether oxygens (including phenoxy) is 1. The molecule has 0 saturated carbocycles. The molecule has 2 aliphatic rings. The average Bonchev–Trinajstić information content (AvgIpc) is 3.34. The summed E-state index contributed by atoms with van der Waals surface area (Å²) in [6.07, 6.45) is 0. The van der Waals surface area contributed by atoms with Crippen molar-refractivity contribution in [1.82, 2.24) is 14.8 Å². The Labute approximate surface area is 211 Å². The molecule has 0 radical (unpaired) electrons. The number of benzene rings is 2. The number of morpholine rings is 1. The maximum atomic E-state index is 13.4. The summed E-state index contributed by atoms with van der Waals surface area (Å²) in [6.45, 7) is 3.56. The minimum Gasteiger partial charge on any atom is -0.379 e. The lowest BCUT2D eigenvalue weighted by molar-refractivity contribution is -0.119. The second-order valence-electron chi connectivity index (χ2n) is 7.85. The van der Waals surface area contributed by atoms with Crippen LogP contribution in [0.1, 0.15) is 20.7 Å². The van der Waals surface area contributed by atoms with E-state index in [1.165, 1.54) is 11.3 Å². The summed E-state index contributed by atoms with van der Waals surface area (Å²) in [7, 11) is 0. The minimum atomic E-state index is -0.451. The number of anilines is 1. The number of halogens is 2. The second-order valence-corrected chi connectivity index (χ2v) is 9.30. The van der Waals surface area contributed by atoms with Crippen molar-refractivity contribution in [3.05, 3.63) is 58.6 Å². The fourth-order valence-corrected chi connectivity index (χ4v) is 5.28. The summed E-state index contributed by atoms with van der Waals surface area (Å²) in [6, 6.07) is 12.0. The summed E-state index contributed by atoms with van der Waals surface area (Å²) in [5.41, 5.74) is 1.39. The van der Waals surface area contributed by atoms with Gasteiger partial charge in [-0.15, -0.1) is 12.4 Å². The molecule has 3 heterocycles. The highest BCUT2D eigenvalue weighted by Gasteiger charge is 2.37. The predicted octanol–water partition coefficient (Wildman–Crippen LogP) is 3.33. The van der Waals surface area contributed by atoms with Crippen molar-refractivity contribution < 1.29 is 19.1 Å². The van der Waals surface area contributed by atoms with Gasteiger partial charge in [0.25, 0.3) is 11.8 Å². The predicted molar refractivity (Wildman–Crippen MR) is 133 cm³/mol. The number of hydrogen-bond acceptors (Lipinski definition) is 7. The van der Waals surface area contributed by atoms with Crippen molar-refractivity contribution in [2.45, 2.75) is 0 Å². The van der Waals surface area contributed by atoms with Crippen LogP contribution in [0, 0.1) is 0 Å². The number of hydrogen-bond donors (Lipinski definition) is 0. The van der Waals surface area contributed by atoms with Gasteiger partial charge in [-0.1, -0.05) is 35.1 Å². The lowest BCUT2D eigenvalue weighted by Crippen LogP contribution is -2.47.